The van der Waals surface area contributed by atoms with Crippen LogP contribution in [0, 0.1) is 0 Å². The van der Waals surface area contributed by atoms with Crippen LogP contribution in [0.5, 0.6) is 0 Å². The minimum absolute atomic E-state index is 0.154. The largest absolute Gasteiger partial charge is 0.448 e. The van der Waals surface area contributed by atoms with Crippen LogP contribution in [0.15, 0.2) is 66.7 Å². The predicted octanol–water partition coefficient (Wildman–Crippen LogP) is 4.92. The first-order chi connectivity index (χ1) is 16.1. The van der Waals surface area contributed by atoms with Crippen LogP contribution in [0.3, 0.4) is 0 Å². The van der Waals surface area contributed by atoms with Gasteiger partial charge in [-0.05, 0) is 43.3 Å². The van der Waals surface area contributed by atoms with Crippen molar-refractivity contribution < 1.29 is 14.3 Å². The number of thiophene rings is 1. The van der Waals surface area contributed by atoms with Crippen molar-refractivity contribution in [3.63, 3.8) is 0 Å². The second-order valence-electron chi connectivity index (χ2n) is 7.85. The Bertz CT molecular complexity index is 1240. The van der Waals surface area contributed by atoms with Crippen molar-refractivity contribution in [3.8, 4) is 9.88 Å². The van der Waals surface area contributed by atoms with E-state index in [0.717, 1.165) is 38.9 Å². The SMILES string of the molecule is CC(OC(=O)c1ccc(-c2nc3ccccc3s2)s1)C(=O)N1CCN(c2ccccc2)CC1. The number of fused-ring (bicyclic) bond motifs is 1. The van der Waals surface area contributed by atoms with Gasteiger partial charge >= 0.3 is 5.97 Å². The topological polar surface area (TPSA) is 62.7 Å². The van der Waals surface area contributed by atoms with Crippen LogP contribution in [0.25, 0.3) is 20.1 Å². The predicted molar refractivity (Wildman–Crippen MR) is 133 cm³/mol. The van der Waals surface area contributed by atoms with Gasteiger partial charge in [-0.1, -0.05) is 30.3 Å². The third-order valence-electron chi connectivity index (χ3n) is 5.66. The van der Waals surface area contributed by atoms with Crippen molar-refractivity contribution in [2.75, 3.05) is 31.1 Å². The minimum Gasteiger partial charge on any atom is -0.448 e. The zero-order chi connectivity index (χ0) is 22.8. The summed E-state index contributed by atoms with van der Waals surface area (Å²) in [6.45, 7) is 4.37. The number of ether oxygens (including phenoxy) is 1. The summed E-state index contributed by atoms with van der Waals surface area (Å²) < 4.78 is 6.63. The first-order valence-electron chi connectivity index (χ1n) is 10.8. The zero-order valence-corrected chi connectivity index (χ0v) is 19.8. The number of thiazole rings is 1. The average Bonchev–Trinajstić information content (AvgIpc) is 3.51. The second-order valence-corrected chi connectivity index (χ2v) is 9.96. The lowest BCUT2D eigenvalue weighted by molar-refractivity contribution is -0.140. The van der Waals surface area contributed by atoms with Crippen molar-refractivity contribution in [2.24, 2.45) is 0 Å². The molecule has 1 atom stereocenters. The van der Waals surface area contributed by atoms with Crippen molar-refractivity contribution >= 4 is 50.5 Å². The second kappa shape index (κ2) is 9.33. The summed E-state index contributed by atoms with van der Waals surface area (Å²) in [7, 11) is 0. The molecule has 3 heterocycles. The molecule has 6 nitrogen and oxygen atoms in total. The number of amides is 1. The number of aromatic nitrogens is 1. The molecular formula is C25H23N3O3S2. The fraction of sp³-hybridized carbons (Fsp3) is 0.240. The summed E-state index contributed by atoms with van der Waals surface area (Å²) in [6.07, 6.45) is -0.825. The molecule has 5 rings (SSSR count). The van der Waals surface area contributed by atoms with Crippen molar-refractivity contribution in [3.05, 3.63) is 71.6 Å². The van der Waals surface area contributed by atoms with E-state index in [1.807, 2.05) is 48.5 Å². The standard InChI is InChI=1S/C25H23N3O3S2/c1-17(24(29)28-15-13-27(14-16-28)18-7-3-2-4-8-18)31-25(30)22-12-11-21(32-22)23-26-19-9-5-6-10-20(19)33-23/h2-12,17H,13-16H2,1H3. The normalized spacial score (nSPS) is 14.9. The van der Waals surface area contributed by atoms with Crippen LogP contribution in [0.1, 0.15) is 16.6 Å². The van der Waals surface area contributed by atoms with E-state index in [4.69, 9.17) is 4.74 Å². The summed E-state index contributed by atoms with van der Waals surface area (Å²) in [6, 6.07) is 21.8. The number of benzene rings is 2. The summed E-state index contributed by atoms with van der Waals surface area (Å²) in [5.74, 6) is -0.629. The number of hydrogen-bond acceptors (Lipinski definition) is 7. The summed E-state index contributed by atoms with van der Waals surface area (Å²) in [5.41, 5.74) is 2.10. The number of piperazine rings is 1. The lowest BCUT2D eigenvalue weighted by atomic mass is 10.2. The minimum atomic E-state index is -0.825. The molecule has 0 saturated carbocycles. The molecule has 1 unspecified atom stereocenters. The maximum atomic E-state index is 12.9. The maximum absolute atomic E-state index is 12.9. The molecule has 33 heavy (non-hydrogen) atoms. The molecule has 0 radical (unpaired) electrons. The highest BCUT2D eigenvalue weighted by Crippen LogP contribution is 2.34. The zero-order valence-electron chi connectivity index (χ0n) is 18.1. The maximum Gasteiger partial charge on any atom is 0.349 e. The molecule has 4 aromatic rings. The van der Waals surface area contributed by atoms with E-state index in [-0.39, 0.29) is 5.91 Å². The number of esters is 1. The van der Waals surface area contributed by atoms with Gasteiger partial charge in [0, 0.05) is 31.9 Å². The van der Waals surface area contributed by atoms with Crippen molar-refractivity contribution in [1.29, 1.82) is 0 Å². The molecule has 1 aliphatic rings. The van der Waals surface area contributed by atoms with E-state index in [9.17, 15) is 9.59 Å². The Balaban J connectivity index is 1.18. The highest BCUT2D eigenvalue weighted by Gasteiger charge is 2.28. The van der Waals surface area contributed by atoms with Gasteiger partial charge in [-0.2, -0.15) is 0 Å². The fourth-order valence-corrected chi connectivity index (χ4v) is 5.80. The monoisotopic (exact) mass is 477 g/mol. The van der Waals surface area contributed by atoms with Crippen LogP contribution in [0.4, 0.5) is 5.69 Å². The number of hydrogen-bond donors (Lipinski definition) is 0. The molecule has 0 bridgehead atoms. The first kappa shape index (κ1) is 21.6. The van der Waals surface area contributed by atoms with Gasteiger partial charge in [0.15, 0.2) is 6.10 Å². The quantitative estimate of drug-likeness (QED) is 0.382. The van der Waals surface area contributed by atoms with Crippen LogP contribution < -0.4 is 4.90 Å². The van der Waals surface area contributed by atoms with E-state index in [2.05, 4.69) is 22.0 Å². The smallest absolute Gasteiger partial charge is 0.349 e. The highest BCUT2D eigenvalue weighted by molar-refractivity contribution is 7.26. The Hall–Kier alpha value is -3.23. The van der Waals surface area contributed by atoms with Crippen LogP contribution in [-0.4, -0.2) is 54.0 Å². The lowest BCUT2D eigenvalue weighted by Crippen LogP contribution is -2.51. The Kier molecular flexibility index (Phi) is 6.11. The Morgan fingerprint density at radius 1 is 0.909 bits per heavy atom. The number of rotatable bonds is 5. The molecule has 1 aliphatic heterocycles. The fourth-order valence-electron chi connectivity index (χ4n) is 3.89. The number of anilines is 1. The van der Waals surface area contributed by atoms with Gasteiger partial charge in [0.2, 0.25) is 0 Å². The van der Waals surface area contributed by atoms with E-state index < -0.39 is 12.1 Å². The molecule has 8 heteroatoms. The van der Waals surface area contributed by atoms with E-state index in [1.165, 1.54) is 11.3 Å². The first-order valence-corrected chi connectivity index (χ1v) is 12.5. The van der Waals surface area contributed by atoms with Gasteiger partial charge in [0.05, 0.1) is 15.1 Å². The average molecular weight is 478 g/mol. The van der Waals surface area contributed by atoms with Crippen LogP contribution in [0.2, 0.25) is 0 Å². The Morgan fingerprint density at radius 2 is 1.64 bits per heavy atom. The van der Waals surface area contributed by atoms with Crippen molar-refractivity contribution in [1.82, 2.24) is 9.88 Å². The van der Waals surface area contributed by atoms with Gasteiger partial charge < -0.3 is 14.5 Å². The summed E-state index contributed by atoms with van der Waals surface area (Å²) >= 11 is 2.93. The van der Waals surface area contributed by atoms with E-state index >= 15 is 0 Å². The number of carbonyl (C=O) groups excluding carboxylic acids is 2. The molecule has 2 aromatic carbocycles. The number of carbonyl (C=O) groups is 2. The summed E-state index contributed by atoms with van der Waals surface area (Å²) in [4.78, 5) is 35.6. The molecule has 1 saturated heterocycles. The third kappa shape index (κ3) is 4.62. The Morgan fingerprint density at radius 3 is 2.39 bits per heavy atom. The van der Waals surface area contributed by atoms with Crippen LogP contribution >= 0.6 is 22.7 Å². The van der Waals surface area contributed by atoms with Gasteiger partial charge in [-0.15, -0.1) is 22.7 Å². The number of para-hydroxylation sites is 2. The molecular weight excluding hydrogens is 454 g/mol. The van der Waals surface area contributed by atoms with Crippen LogP contribution in [-0.2, 0) is 9.53 Å². The van der Waals surface area contributed by atoms with Gasteiger partial charge in [0.25, 0.3) is 5.91 Å². The van der Waals surface area contributed by atoms with Gasteiger partial charge in [-0.25, -0.2) is 9.78 Å². The van der Waals surface area contributed by atoms with Gasteiger partial charge in [0.1, 0.15) is 9.88 Å². The lowest BCUT2D eigenvalue weighted by Gasteiger charge is -2.37. The Labute approximate surface area is 200 Å². The van der Waals surface area contributed by atoms with E-state index in [1.54, 1.807) is 29.2 Å². The molecule has 0 aliphatic carbocycles. The number of nitrogens with zero attached hydrogens (tertiary/aromatic N) is 3. The molecule has 1 fully saturated rings. The molecule has 2 aromatic heterocycles. The molecule has 1 amide bonds. The third-order valence-corrected chi connectivity index (χ3v) is 7.93. The summed E-state index contributed by atoms with van der Waals surface area (Å²) in [5, 5.41) is 0.876. The molecule has 0 N–H and O–H groups in total. The van der Waals surface area contributed by atoms with E-state index in [0.29, 0.717) is 18.0 Å². The van der Waals surface area contributed by atoms with Gasteiger partial charge in [-0.3, -0.25) is 4.79 Å². The molecule has 0 spiro atoms. The molecule has 168 valence electrons. The highest BCUT2D eigenvalue weighted by atomic mass is 32.1. The van der Waals surface area contributed by atoms with Crippen molar-refractivity contribution in [2.45, 2.75) is 13.0 Å².